The molecule has 1 amide bonds. The van der Waals surface area contributed by atoms with Crippen molar-refractivity contribution in [2.45, 2.75) is 19.0 Å². The molecular weight excluding hydrogens is 203 g/mol. The van der Waals surface area contributed by atoms with Crippen LogP contribution in [0.15, 0.2) is 0 Å². The number of hydroxylamine groups is 1. The molecule has 0 aliphatic heterocycles. The molecule has 0 aliphatic rings. The maximum absolute atomic E-state index is 11.6. The molecule has 84 valence electrons. The minimum Gasteiger partial charge on any atom is -0.382 e. The Morgan fingerprint density at radius 1 is 1.36 bits per heavy atom. The predicted molar refractivity (Wildman–Crippen MR) is 41.3 cm³/mol. The Labute approximate surface area is 79.3 Å². The topological polar surface area (TPSA) is 47.6 Å². The monoisotopic (exact) mass is 215 g/mol. The van der Waals surface area contributed by atoms with Crippen LogP contribution in [0.3, 0.4) is 0 Å². The van der Waals surface area contributed by atoms with Gasteiger partial charge in [-0.25, -0.2) is 5.48 Å². The summed E-state index contributed by atoms with van der Waals surface area (Å²) >= 11 is 0. The van der Waals surface area contributed by atoms with Crippen LogP contribution in [0.1, 0.15) is 12.8 Å². The number of halogens is 3. The molecule has 0 bridgehead atoms. The lowest BCUT2D eigenvalue weighted by atomic mass is 10.3. The zero-order valence-corrected chi connectivity index (χ0v) is 7.69. The fourth-order valence-electron chi connectivity index (χ4n) is 0.563. The van der Waals surface area contributed by atoms with Gasteiger partial charge in [0.25, 0.3) is 0 Å². The highest BCUT2D eigenvalue weighted by molar-refractivity contribution is 5.74. The summed E-state index contributed by atoms with van der Waals surface area (Å²) in [6, 6.07) is 0. The summed E-state index contributed by atoms with van der Waals surface area (Å²) in [7, 11) is 1.44. The number of carbonyl (C=O) groups excluding carboxylic acids is 1. The highest BCUT2D eigenvalue weighted by Gasteiger charge is 2.27. The van der Waals surface area contributed by atoms with Crippen molar-refractivity contribution in [3.8, 4) is 0 Å². The van der Waals surface area contributed by atoms with Crippen LogP contribution in [0.2, 0.25) is 0 Å². The van der Waals surface area contributed by atoms with Crippen LogP contribution in [0, 0.1) is 0 Å². The second kappa shape index (κ2) is 6.61. The second-order valence-corrected chi connectivity index (χ2v) is 2.48. The van der Waals surface area contributed by atoms with Crippen molar-refractivity contribution in [1.82, 2.24) is 5.48 Å². The summed E-state index contributed by atoms with van der Waals surface area (Å²) in [5, 5.41) is 0. The fraction of sp³-hybridized carbons (Fsp3) is 0.857. The van der Waals surface area contributed by atoms with Gasteiger partial charge in [0.05, 0.1) is 19.6 Å². The molecule has 4 nitrogen and oxygen atoms in total. The van der Waals surface area contributed by atoms with Crippen LogP contribution in [0.5, 0.6) is 0 Å². The molecule has 0 aromatic carbocycles. The van der Waals surface area contributed by atoms with E-state index < -0.39 is 24.9 Å². The fourth-order valence-corrected chi connectivity index (χ4v) is 0.563. The van der Waals surface area contributed by atoms with Crippen molar-refractivity contribution in [1.29, 1.82) is 0 Å². The minimum absolute atomic E-state index is 0.105. The lowest BCUT2D eigenvalue weighted by Gasteiger charge is -2.07. The van der Waals surface area contributed by atoms with Gasteiger partial charge < -0.3 is 4.74 Å². The van der Waals surface area contributed by atoms with Gasteiger partial charge in [-0.2, -0.15) is 13.2 Å². The lowest BCUT2D eigenvalue weighted by Crippen LogP contribution is -2.26. The van der Waals surface area contributed by atoms with Gasteiger partial charge in [0, 0.05) is 13.5 Å². The summed E-state index contributed by atoms with van der Waals surface area (Å²) < 4.78 is 39.4. The molecule has 0 atom stereocenters. The molecule has 1 N–H and O–H groups in total. The maximum Gasteiger partial charge on any atom is 0.389 e. The Hall–Kier alpha value is -0.820. The standard InChI is InChI=1S/C7H12F3NO3/c1-13-4-5-14-11-6(12)2-3-7(8,9)10/h2-5H2,1H3,(H,11,12). The van der Waals surface area contributed by atoms with Gasteiger partial charge in [-0.05, 0) is 0 Å². The van der Waals surface area contributed by atoms with E-state index in [2.05, 4.69) is 9.57 Å². The molecule has 0 saturated heterocycles. The molecule has 0 aromatic heterocycles. The predicted octanol–water partition coefficient (Wildman–Crippen LogP) is 1.02. The van der Waals surface area contributed by atoms with Gasteiger partial charge in [0.15, 0.2) is 0 Å². The molecule has 0 spiro atoms. The van der Waals surface area contributed by atoms with Gasteiger partial charge in [0.1, 0.15) is 0 Å². The van der Waals surface area contributed by atoms with E-state index in [4.69, 9.17) is 0 Å². The minimum atomic E-state index is -4.32. The molecule has 0 aromatic rings. The molecule has 0 radical (unpaired) electrons. The Morgan fingerprint density at radius 3 is 2.50 bits per heavy atom. The van der Waals surface area contributed by atoms with Crippen molar-refractivity contribution in [2.24, 2.45) is 0 Å². The molecule has 0 heterocycles. The average Bonchev–Trinajstić information content (AvgIpc) is 2.08. The molecule has 14 heavy (non-hydrogen) atoms. The third kappa shape index (κ3) is 9.27. The number of hydrogen-bond donors (Lipinski definition) is 1. The van der Waals surface area contributed by atoms with Gasteiger partial charge in [-0.1, -0.05) is 0 Å². The SMILES string of the molecule is COCCONC(=O)CCC(F)(F)F. The lowest BCUT2D eigenvalue weighted by molar-refractivity contribution is -0.150. The number of nitrogens with one attached hydrogen (secondary N) is 1. The van der Waals surface area contributed by atoms with Crippen molar-refractivity contribution in [3.63, 3.8) is 0 Å². The van der Waals surface area contributed by atoms with Gasteiger partial charge in [0.2, 0.25) is 5.91 Å². The van der Waals surface area contributed by atoms with Crippen molar-refractivity contribution < 1.29 is 27.5 Å². The van der Waals surface area contributed by atoms with Crippen LogP contribution in [0.25, 0.3) is 0 Å². The van der Waals surface area contributed by atoms with E-state index in [1.807, 2.05) is 5.48 Å². The van der Waals surface area contributed by atoms with E-state index in [0.29, 0.717) is 0 Å². The molecule has 7 heteroatoms. The van der Waals surface area contributed by atoms with Crippen LogP contribution < -0.4 is 5.48 Å². The number of amides is 1. The van der Waals surface area contributed by atoms with Gasteiger partial charge >= 0.3 is 6.18 Å². The number of hydrogen-bond acceptors (Lipinski definition) is 3. The van der Waals surface area contributed by atoms with Gasteiger partial charge in [-0.3, -0.25) is 9.63 Å². The van der Waals surface area contributed by atoms with Crippen LogP contribution in [-0.4, -0.2) is 32.4 Å². The first-order valence-corrected chi connectivity index (χ1v) is 3.92. The Bertz CT molecular complexity index is 172. The number of ether oxygens (including phenoxy) is 1. The van der Waals surface area contributed by atoms with Crippen LogP contribution in [0.4, 0.5) is 13.2 Å². The summed E-state index contributed by atoms with van der Waals surface area (Å²) in [6.07, 6.45) is -6.09. The summed E-state index contributed by atoms with van der Waals surface area (Å²) in [5.74, 6) is -0.793. The first-order valence-electron chi connectivity index (χ1n) is 3.92. The molecule has 0 fully saturated rings. The van der Waals surface area contributed by atoms with E-state index >= 15 is 0 Å². The first kappa shape index (κ1) is 13.2. The van der Waals surface area contributed by atoms with E-state index in [1.165, 1.54) is 7.11 Å². The summed E-state index contributed by atoms with van der Waals surface area (Å²) in [5.41, 5.74) is 1.87. The Morgan fingerprint density at radius 2 is 2.00 bits per heavy atom. The van der Waals surface area contributed by atoms with Crippen molar-refractivity contribution >= 4 is 5.91 Å². The number of carbonyl (C=O) groups is 1. The molecule has 0 saturated carbocycles. The van der Waals surface area contributed by atoms with E-state index in [-0.39, 0.29) is 13.2 Å². The van der Waals surface area contributed by atoms with Crippen LogP contribution in [-0.2, 0) is 14.4 Å². The third-order valence-electron chi connectivity index (χ3n) is 1.21. The molecule has 0 unspecified atom stereocenters. The zero-order valence-electron chi connectivity index (χ0n) is 7.69. The highest BCUT2D eigenvalue weighted by atomic mass is 19.4. The number of alkyl halides is 3. The normalized spacial score (nSPS) is 11.4. The van der Waals surface area contributed by atoms with Crippen molar-refractivity contribution in [3.05, 3.63) is 0 Å². The third-order valence-corrected chi connectivity index (χ3v) is 1.21. The second-order valence-electron chi connectivity index (χ2n) is 2.48. The number of rotatable bonds is 6. The molecule has 0 rings (SSSR count). The number of methoxy groups -OCH3 is 1. The zero-order chi connectivity index (χ0) is 11.0. The van der Waals surface area contributed by atoms with E-state index in [9.17, 15) is 18.0 Å². The highest BCUT2D eigenvalue weighted by Crippen LogP contribution is 2.20. The Kier molecular flexibility index (Phi) is 6.22. The average molecular weight is 215 g/mol. The first-order chi connectivity index (χ1) is 6.45. The van der Waals surface area contributed by atoms with Crippen molar-refractivity contribution in [2.75, 3.05) is 20.3 Å². The largest absolute Gasteiger partial charge is 0.389 e. The summed E-state index contributed by atoms with van der Waals surface area (Å²) in [6.45, 7) is 0.369. The van der Waals surface area contributed by atoms with Crippen LogP contribution >= 0.6 is 0 Å². The summed E-state index contributed by atoms with van der Waals surface area (Å²) in [4.78, 5) is 15.2. The molecular formula is C7H12F3NO3. The van der Waals surface area contributed by atoms with E-state index in [0.717, 1.165) is 0 Å². The Balaban J connectivity index is 3.38. The quantitative estimate of drug-likeness (QED) is 0.531. The molecule has 0 aliphatic carbocycles. The smallest absolute Gasteiger partial charge is 0.382 e. The van der Waals surface area contributed by atoms with Gasteiger partial charge in [-0.15, -0.1) is 0 Å². The van der Waals surface area contributed by atoms with E-state index in [1.54, 1.807) is 0 Å². The maximum atomic E-state index is 11.6.